The van der Waals surface area contributed by atoms with Gasteiger partial charge in [-0.1, -0.05) is 34.1 Å². The fourth-order valence-electron chi connectivity index (χ4n) is 1.64. The third-order valence-electron chi connectivity index (χ3n) is 2.53. The van der Waals surface area contributed by atoms with E-state index < -0.39 is 10.8 Å². The minimum atomic E-state index is -0.554. The molecule has 0 saturated carbocycles. The van der Waals surface area contributed by atoms with Gasteiger partial charge in [0.2, 0.25) is 0 Å². The number of para-hydroxylation sites is 2. The van der Waals surface area contributed by atoms with Gasteiger partial charge in [0.15, 0.2) is 12.4 Å². The van der Waals surface area contributed by atoms with Gasteiger partial charge in [0, 0.05) is 16.2 Å². The second kappa shape index (κ2) is 6.85. The Bertz CT molecular complexity index is 676. The zero-order chi connectivity index (χ0) is 15.2. The highest BCUT2D eigenvalue weighted by Crippen LogP contribution is 2.25. The fraction of sp³-hybridized carbons (Fsp3) is 0.0714. The zero-order valence-electron chi connectivity index (χ0n) is 10.8. The molecule has 0 spiro atoms. The second-order valence-corrected chi connectivity index (χ2v) is 4.99. The van der Waals surface area contributed by atoms with Crippen LogP contribution in [0.5, 0.6) is 5.75 Å². The van der Waals surface area contributed by atoms with Crippen molar-refractivity contribution in [2.24, 2.45) is 0 Å². The molecule has 0 aliphatic heterocycles. The molecular formula is C14H11BrN2O4. The molecule has 108 valence electrons. The quantitative estimate of drug-likeness (QED) is 0.661. The van der Waals surface area contributed by atoms with Crippen molar-refractivity contribution in [3.05, 3.63) is 63.1 Å². The number of carbonyl (C=O) groups excluding carboxylic acids is 1. The van der Waals surface area contributed by atoms with Gasteiger partial charge in [-0.05, 0) is 24.3 Å². The first-order valence-electron chi connectivity index (χ1n) is 5.98. The molecule has 0 fully saturated rings. The fourth-order valence-corrected chi connectivity index (χ4v) is 2.04. The number of nitrogens with one attached hydrogen (secondary N) is 1. The lowest BCUT2D eigenvalue weighted by molar-refractivity contribution is -0.385. The molecule has 0 saturated heterocycles. The van der Waals surface area contributed by atoms with E-state index in [-0.39, 0.29) is 18.0 Å². The predicted octanol–water partition coefficient (Wildman–Crippen LogP) is 3.37. The van der Waals surface area contributed by atoms with E-state index in [9.17, 15) is 14.9 Å². The molecule has 1 N–H and O–H groups in total. The van der Waals surface area contributed by atoms with Crippen LogP contribution in [0.3, 0.4) is 0 Å². The van der Waals surface area contributed by atoms with Gasteiger partial charge in [-0.25, -0.2) is 0 Å². The van der Waals surface area contributed by atoms with Crippen molar-refractivity contribution in [3.63, 3.8) is 0 Å². The monoisotopic (exact) mass is 350 g/mol. The van der Waals surface area contributed by atoms with Crippen molar-refractivity contribution in [1.82, 2.24) is 0 Å². The summed E-state index contributed by atoms with van der Waals surface area (Å²) in [5.74, 6) is -0.335. The van der Waals surface area contributed by atoms with E-state index in [1.54, 1.807) is 24.3 Å². The molecule has 0 aliphatic carbocycles. The van der Waals surface area contributed by atoms with E-state index in [1.807, 2.05) is 6.07 Å². The largest absolute Gasteiger partial charge is 0.477 e. The Hall–Kier alpha value is -2.41. The van der Waals surface area contributed by atoms with Crippen molar-refractivity contribution in [2.75, 3.05) is 11.9 Å². The number of anilines is 1. The van der Waals surface area contributed by atoms with Gasteiger partial charge in [-0.15, -0.1) is 0 Å². The van der Waals surface area contributed by atoms with Crippen LogP contribution in [0.4, 0.5) is 11.4 Å². The van der Waals surface area contributed by atoms with E-state index >= 15 is 0 Å². The minimum Gasteiger partial charge on any atom is -0.477 e. The molecule has 0 unspecified atom stereocenters. The summed E-state index contributed by atoms with van der Waals surface area (Å²) in [6.07, 6.45) is 0. The van der Waals surface area contributed by atoms with Crippen LogP contribution in [0, 0.1) is 10.1 Å². The Balaban J connectivity index is 1.97. The van der Waals surface area contributed by atoms with Crippen LogP contribution in [-0.4, -0.2) is 17.4 Å². The molecule has 0 bridgehead atoms. The molecular weight excluding hydrogens is 340 g/mol. The van der Waals surface area contributed by atoms with Gasteiger partial charge in [-0.2, -0.15) is 0 Å². The molecule has 0 radical (unpaired) electrons. The lowest BCUT2D eigenvalue weighted by Gasteiger charge is -2.08. The second-order valence-electron chi connectivity index (χ2n) is 4.07. The van der Waals surface area contributed by atoms with Crippen LogP contribution in [-0.2, 0) is 4.79 Å². The number of rotatable bonds is 5. The van der Waals surface area contributed by atoms with Gasteiger partial charge in [0.1, 0.15) is 0 Å². The summed E-state index contributed by atoms with van der Waals surface area (Å²) >= 11 is 3.30. The van der Waals surface area contributed by atoms with Gasteiger partial charge in [0.25, 0.3) is 5.91 Å². The van der Waals surface area contributed by atoms with Crippen LogP contribution >= 0.6 is 15.9 Å². The summed E-state index contributed by atoms with van der Waals surface area (Å²) in [4.78, 5) is 22.0. The first-order chi connectivity index (χ1) is 10.1. The van der Waals surface area contributed by atoms with Crippen LogP contribution in [0.15, 0.2) is 53.0 Å². The number of halogens is 1. The molecule has 2 rings (SSSR count). The maximum atomic E-state index is 11.8. The number of amides is 1. The molecule has 7 heteroatoms. The predicted molar refractivity (Wildman–Crippen MR) is 81.4 cm³/mol. The minimum absolute atomic E-state index is 0.0619. The Kier molecular flexibility index (Phi) is 4.89. The highest BCUT2D eigenvalue weighted by molar-refractivity contribution is 9.10. The summed E-state index contributed by atoms with van der Waals surface area (Å²) in [7, 11) is 0. The Morgan fingerprint density at radius 3 is 2.71 bits per heavy atom. The number of nitro benzene ring substituents is 1. The topological polar surface area (TPSA) is 81.5 Å². The first-order valence-corrected chi connectivity index (χ1v) is 6.77. The first kappa shape index (κ1) is 15.0. The van der Waals surface area contributed by atoms with Crippen LogP contribution < -0.4 is 10.1 Å². The Morgan fingerprint density at radius 2 is 2.00 bits per heavy atom. The molecule has 0 heterocycles. The van der Waals surface area contributed by atoms with E-state index in [0.717, 1.165) is 4.47 Å². The zero-order valence-corrected chi connectivity index (χ0v) is 12.4. The number of ether oxygens (including phenoxy) is 1. The van der Waals surface area contributed by atoms with Crippen molar-refractivity contribution in [3.8, 4) is 5.75 Å². The maximum absolute atomic E-state index is 11.8. The van der Waals surface area contributed by atoms with Gasteiger partial charge < -0.3 is 10.1 Å². The highest BCUT2D eigenvalue weighted by atomic mass is 79.9. The van der Waals surface area contributed by atoms with E-state index in [1.165, 1.54) is 18.2 Å². The molecule has 21 heavy (non-hydrogen) atoms. The van der Waals surface area contributed by atoms with Crippen LogP contribution in [0.2, 0.25) is 0 Å². The van der Waals surface area contributed by atoms with Crippen molar-refractivity contribution < 1.29 is 14.5 Å². The lowest BCUT2D eigenvalue weighted by atomic mass is 10.3. The number of nitro groups is 1. The van der Waals surface area contributed by atoms with Crippen LogP contribution in [0.1, 0.15) is 0 Å². The molecule has 2 aromatic carbocycles. The van der Waals surface area contributed by atoms with E-state index in [4.69, 9.17) is 4.74 Å². The summed E-state index contributed by atoms with van der Waals surface area (Å²) < 4.78 is 6.03. The number of carbonyl (C=O) groups is 1. The van der Waals surface area contributed by atoms with Crippen LogP contribution in [0.25, 0.3) is 0 Å². The average molecular weight is 351 g/mol. The number of nitrogens with zero attached hydrogens (tertiary/aromatic N) is 1. The summed E-state index contributed by atoms with van der Waals surface area (Å²) in [5.41, 5.74) is 0.438. The molecule has 6 nitrogen and oxygen atoms in total. The summed E-state index contributed by atoms with van der Waals surface area (Å²) in [6.45, 7) is -0.308. The SMILES string of the molecule is O=C(COc1ccccc1[N+](=O)[O-])Nc1cccc(Br)c1. The molecule has 2 aromatic rings. The highest BCUT2D eigenvalue weighted by Gasteiger charge is 2.14. The smallest absolute Gasteiger partial charge is 0.310 e. The third kappa shape index (κ3) is 4.28. The van der Waals surface area contributed by atoms with Gasteiger partial charge in [-0.3, -0.25) is 14.9 Å². The normalized spacial score (nSPS) is 9.95. The van der Waals surface area contributed by atoms with Crippen molar-refractivity contribution >= 4 is 33.2 Å². The summed E-state index contributed by atoms with van der Waals surface area (Å²) in [5, 5.41) is 13.5. The van der Waals surface area contributed by atoms with E-state index in [2.05, 4.69) is 21.2 Å². The number of hydrogen-bond donors (Lipinski definition) is 1. The maximum Gasteiger partial charge on any atom is 0.310 e. The number of hydrogen-bond acceptors (Lipinski definition) is 4. The summed E-state index contributed by atoms with van der Waals surface area (Å²) in [6, 6.07) is 13.0. The lowest BCUT2D eigenvalue weighted by Crippen LogP contribution is -2.20. The van der Waals surface area contributed by atoms with Gasteiger partial charge >= 0.3 is 5.69 Å². The van der Waals surface area contributed by atoms with Crippen molar-refractivity contribution in [1.29, 1.82) is 0 Å². The molecule has 0 atom stereocenters. The number of benzene rings is 2. The Morgan fingerprint density at radius 1 is 1.24 bits per heavy atom. The average Bonchev–Trinajstić information content (AvgIpc) is 2.45. The standard InChI is InChI=1S/C14H11BrN2O4/c15-10-4-3-5-11(8-10)16-14(18)9-21-13-7-2-1-6-12(13)17(19)20/h1-8H,9H2,(H,16,18). The Labute approximate surface area is 129 Å². The van der Waals surface area contributed by atoms with E-state index in [0.29, 0.717) is 5.69 Å². The third-order valence-corrected chi connectivity index (χ3v) is 3.02. The molecule has 1 amide bonds. The van der Waals surface area contributed by atoms with Gasteiger partial charge in [0.05, 0.1) is 4.92 Å². The molecule has 0 aromatic heterocycles. The molecule has 0 aliphatic rings. The van der Waals surface area contributed by atoms with Crippen molar-refractivity contribution in [2.45, 2.75) is 0 Å².